The molecule has 0 aliphatic carbocycles. The number of hydrogen-bond donors (Lipinski definition) is 4. The standard InChI is InChI=1S/C8H9BN2O2S/c10-4-2-1-3-5-6(4)7(11)8(14-5)9(12)13/h1-3,12-13H,10-11H2. The normalized spacial score (nSPS) is 10.7. The smallest absolute Gasteiger partial charge is 0.423 e. The number of fused-ring (bicyclic) bond motifs is 1. The summed E-state index contributed by atoms with van der Waals surface area (Å²) in [6.45, 7) is 0. The first-order valence-electron chi connectivity index (χ1n) is 4.03. The number of anilines is 2. The van der Waals surface area contributed by atoms with E-state index in [1.807, 2.05) is 6.07 Å². The first-order valence-corrected chi connectivity index (χ1v) is 4.85. The molecule has 0 aliphatic heterocycles. The summed E-state index contributed by atoms with van der Waals surface area (Å²) in [5.74, 6) is 0. The van der Waals surface area contributed by atoms with Crippen LogP contribution in [0.3, 0.4) is 0 Å². The van der Waals surface area contributed by atoms with E-state index >= 15 is 0 Å². The van der Waals surface area contributed by atoms with Crippen LogP contribution in [0.15, 0.2) is 18.2 Å². The molecule has 0 radical (unpaired) electrons. The van der Waals surface area contributed by atoms with Crippen LogP contribution in [0.1, 0.15) is 0 Å². The molecule has 0 saturated heterocycles. The van der Waals surface area contributed by atoms with E-state index in [0.29, 0.717) is 21.5 Å². The van der Waals surface area contributed by atoms with Crippen molar-refractivity contribution < 1.29 is 10.0 Å². The highest BCUT2D eigenvalue weighted by Gasteiger charge is 2.20. The zero-order chi connectivity index (χ0) is 10.3. The van der Waals surface area contributed by atoms with Crippen LogP contribution in [-0.4, -0.2) is 17.2 Å². The molecule has 6 heteroatoms. The third-order valence-corrected chi connectivity index (χ3v) is 3.26. The third kappa shape index (κ3) is 1.24. The molecule has 6 N–H and O–H groups in total. The highest BCUT2D eigenvalue weighted by atomic mass is 32.1. The fourth-order valence-electron chi connectivity index (χ4n) is 1.41. The van der Waals surface area contributed by atoms with Crippen molar-refractivity contribution in [3.05, 3.63) is 18.2 Å². The van der Waals surface area contributed by atoms with Crippen LogP contribution in [0.4, 0.5) is 11.4 Å². The third-order valence-electron chi connectivity index (χ3n) is 2.05. The van der Waals surface area contributed by atoms with Crippen LogP contribution in [0.2, 0.25) is 0 Å². The Balaban J connectivity index is 2.81. The second-order valence-corrected chi connectivity index (χ2v) is 4.06. The molecule has 1 aromatic heterocycles. The minimum absolute atomic E-state index is 0.345. The fraction of sp³-hybridized carbons (Fsp3) is 0. The number of benzene rings is 1. The molecule has 4 nitrogen and oxygen atoms in total. The number of nitrogens with two attached hydrogens (primary N) is 2. The van der Waals surface area contributed by atoms with E-state index in [4.69, 9.17) is 21.5 Å². The highest BCUT2D eigenvalue weighted by molar-refractivity contribution is 7.29. The van der Waals surface area contributed by atoms with Crippen molar-refractivity contribution in [1.82, 2.24) is 0 Å². The lowest BCUT2D eigenvalue weighted by molar-refractivity contribution is 0.427. The molecule has 1 aromatic carbocycles. The lowest BCUT2D eigenvalue weighted by atomic mass is 9.87. The molecule has 0 spiro atoms. The van der Waals surface area contributed by atoms with Gasteiger partial charge in [0.25, 0.3) is 0 Å². The largest absolute Gasteiger partial charge is 0.501 e. The summed E-state index contributed by atoms with van der Waals surface area (Å²) in [5.41, 5.74) is 12.4. The van der Waals surface area contributed by atoms with Gasteiger partial charge in [0.15, 0.2) is 0 Å². The van der Waals surface area contributed by atoms with Gasteiger partial charge in [-0.15, -0.1) is 11.3 Å². The molecule has 2 aromatic rings. The monoisotopic (exact) mass is 208 g/mol. The van der Waals surface area contributed by atoms with Crippen molar-refractivity contribution in [2.24, 2.45) is 0 Å². The van der Waals surface area contributed by atoms with E-state index < -0.39 is 7.12 Å². The van der Waals surface area contributed by atoms with E-state index in [1.165, 1.54) is 11.3 Å². The van der Waals surface area contributed by atoms with Gasteiger partial charge in [0.2, 0.25) is 0 Å². The van der Waals surface area contributed by atoms with Gasteiger partial charge < -0.3 is 21.5 Å². The number of thiophene rings is 1. The van der Waals surface area contributed by atoms with Gasteiger partial charge in [-0.05, 0) is 12.1 Å². The lowest BCUT2D eigenvalue weighted by Crippen LogP contribution is -2.29. The maximum atomic E-state index is 9.04. The SMILES string of the molecule is Nc1cccc2sc(B(O)O)c(N)c12. The van der Waals surface area contributed by atoms with Crippen LogP contribution in [0.25, 0.3) is 10.1 Å². The summed E-state index contributed by atoms with van der Waals surface area (Å²) in [4.78, 5) is 0. The van der Waals surface area contributed by atoms with Crippen LogP contribution in [0.5, 0.6) is 0 Å². The van der Waals surface area contributed by atoms with Gasteiger partial charge in [0.05, 0.1) is 10.5 Å². The van der Waals surface area contributed by atoms with Crippen LogP contribution in [-0.2, 0) is 0 Å². The molecule has 14 heavy (non-hydrogen) atoms. The average Bonchev–Trinajstić information content (AvgIpc) is 2.45. The Kier molecular flexibility index (Phi) is 2.11. The van der Waals surface area contributed by atoms with Gasteiger partial charge in [-0.3, -0.25) is 0 Å². The Hall–Kier alpha value is -1.24. The Bertz CT molecular complexity index is 483. The second-order valence-electron chi connectivity index (χ2n) is 2.97. The summed E-state index contributed by atoms with van der Waals surface area (Å²) in [5, 5.41) is 18.8. The van der Waals surface area contributed by atoms with Gasteiger partial charge >= 0.3 is 7.12 Å². The molecule has 0 bridgehead atoms. The molecular formula is C8H9BN2O2S. The summed E-state index contributed by atoms with van der Waals surface area (Å²) >= 11 is 1.24. The zero-order valence-electron chi connectivity index (χ0n) is 7.27. The molecule has 0 unspecified atom stereocenters. The van der Waals surface area contributed by atoms with Crippen molar-refractivity contribution in [1.29, 1.82) is 0 Å². The highest BCUT2D eigenvalue weighted by Crippen LogP contribution is 2.30. The van der Waals surface area contributed by atoms with Crippen molar-refractivity contribution in [3.8, 4) is 0 Å². The predicted octanol–water partition coefficient (Wildman–Crippen LogP) is -0.254. The van der Waals surface area contributed by atoms with E-state index in [0.717, 1.165) is 4.70 Å². The topological polar surface area (TPSA) is 92.5 Å². The van der Waals surface area contributed by atoms with Crippen LogP contribution >= 0.6 is 11.3 Å². The maximum absolute atomic E-state index is 9.04. The van der Waals surface area contributed by atoms with Crippen molar-refractivity contribution >= 4 is 44.7 Å². The molecule has 1 heterocycles. The zero-order valence-corrected chi connectivity index (χ0v) is 8.08. The van der Waals surface area contributed by atoms with Gasteiger partial charge in [-0.25, -0.2) is 0 Å². The Labute approximate surface area is 84.9 Å². The molecular weight excluding hydrogens is 199 g/mol. The summed E-state index contributed by atoms with van der Waals surface area (Å²) in [6.07, 6.45) is 0. The fourth-order valence-corrected chi connectivity index (χ4v) is 2.44. The number of hydrogen-bond acceptors (Lipinski definition) is 5. The predicted molar refractivity (Wildman–Crippen MR) is 60.5 cm³/mol. The molecule has 0 fully saturated rings. The molecule has 0 saturated carbocycles. The van der Waals surface area contributed by atoms with E-state index in [9.17, 15) is 0 Å². The van der Waals surface area contributed by atoms with Gasteiger partial charge in [-0.2, -0.15) is 0 Å². The van der Waals surface area contributed by atoms with Crippen LogP contribution in [0, 0.1) is 0 Å². The Morgan fingerprint density at radius 1 is 1.21 bits per heavy atom. The molecule has 0 amide bonds. The number of rotatable bonds is 1. The Morgan fingerprint density at radius 3 is 2.50 bits per heavy atom. The van der Waals surface area contributed by atoms with Crippen molar-refractivity contribution in [3.63, 3.8) is 0 Å². The van der Waals surface area contributed by atoms with Crippen molar-refractivity contribution in [2.75, 3.05) is 11.5 Å². The first kappa shape index (κ1) is 9.33. The second kappa shape index (κ2) is 3.16. The number of nitrogen functional groups attached to an aromatic ring is 2. The lowest BCUT2D eigenvalue weighted by Gasteiger charge is -1.98. The summed E-state index contributed by atoms with van der Waals surface area (Å²) in [7, 11) is -1.54. The Morgan fingerprint density at radius 2 is 1.93 bits per heavy atom. The van der Waals surface area contributed by atoms with Gasteiger partial charge in [-0.1, -0.05) is 6.07 Å². The first-order chi connectivity index (χ1) is 6.61. The van der Waals surface area contributed by atoms with E-state index in [-0.39, 0.29) is 0 Å². The summed E-state index contributed by atoms with van der Waals surface area (Å²) in [6, 6.07) is 5.39. The van der Waals surface area contributed by atoms with Gasteiger partial charge in [0.1, 0.15) is 0 Å². The molecule has 0 atom stereocenters. The quantitative estimate of drug-likeness (QED) is 0.384. The maximum Gasteiger partial charge on any atom is 0.501 e. The average molecular weight is 208 g/mol. The minimum atomic E-state index is -1.54. The minimum Gasteiger partial charge on any atom is -0.423 e. The van der Waals surface area contributed by atoms with E-state index in [2.05, 4.69) is 0 Å². The summed E-state index contributed by atoms with van der Waals surface area (Å²) < 4.78 is 1.21. The van der Waals surface area contributed by atoms with Crippen LogP contribution < -0.4 is 16.2 Å². The van der Waals surface area contributed by atoms with Gasteiger partial charge in [0, 0.05) is 15.8 Å². The molecule has 2 rings (SSSR count). The molecule has 0 aliphatic rings. The van der Waals surface area contributed by atoms with E-state index in [1.54, 1.807) is 12.1 Å². The van der Waals surface area contributed by atoms with Crippen molar-refractivity contribution in [2.45, 2.75) is 0 Å². The molecule has 72 valence electrons.